The SMILES string of the molecule is CCN(CC(=O)O)C1CC(Nc2ncc(C(F)(F)F)cc2Cl)C1. The molecule has 1 aliphatic rings. The van der Waals surface area contributed by atoms with Crippen molar-refractivity contribution in [1.29, 1.82) is 0 Å². The third kappa shape index (κ3) is 4.48. The molecular weight excluding hydrogens is 335 g/mol. The maximum absolute atomic E-state index is 12.6. The number of hydrogen-bond donors (Lipinski definition) is 2. The number of nitrogens with zero attached hydrogens (tertiary/aromatic N) is 2. The van der Waals surface area contributed by atoms with Gasteiger partial charge in [-0.15, -0.1) is 0 Å². The first kappa shape index (κ1) is 17.8. The van der Waals surface area contributed by atoms with Crippen molar-refractivity contribution >= 4 is 23.4 Å². The van der Waals surface area contributed by atoms with Gasteiger partial charge >= 0.3 is 12.1 Å². The van der Waals surface area contributed by atoms with Gasteiger partial charge < -0.3 is 10.4 Å². The topological polar surface area (TPSA) is 65.5 Å². The van der Waals surface area contributed by atoms with Crippen molar-refractivity contribution < 1.29 is 23.1 Å². The molecule has 23 heavy (non-hydrogen) atoms. The number of pyridine rings is 1. The van der Waals surface area contributed by atoms with Crippen molar-refractivity contribution in [3.63, 3.8) is 0 Å². The molecule has 1 aromatic rings. The molecule has 9 heteroatoms. The van der Waals surface area contributed by atoms with E-state index in [1.54, 1.807) is 0 Å². The summed E-state index contributed by atoms with van der Waals surface area (Å²) in [5.41, 5.74) is -0.891. The minimum Gasteiger partial charge on any atom is -0.480 e. The van der Waals surface area contributed by atoms with E-state index in [0.717, 1.165) is 12.3 Å². The van der Waals surface area contributed by atoms with Gasteiger partial charge in [0.1, 0.15) is 5.82 Å². The molecule has 0 unspecified atom stereocenters. The van der Waals surface area contributed by atoms with Crippen LogP contribution in [0.4, 0.5) is 19.0 Å². The van der Waals surface area contributed by atoms with Crippen LogP contribution in [0.25, 0.3) is 0 Å². The van der Waals surface area contributed by atoms with Crippen LogP contribution in [-0.4, -0.2) is 46.1 Å². The first-order valence-electron chi connectivity index (χ1n) is 7.15. The van der Waals surface area contributed by atoms with Gasteiger partial charge in [0.2, 0.25) is 0 Å². The van der Waals surface area contributed by atoms with Crippen molar-refractivity contribution in [2.24, 2.45) is 0 Å². The average Bonchev–Trinajstić information content (AvgIpc) is 2.40. The summed E-state index contributed by atoms with van der Waals surface area (Å²) in [6.45, 7) is 2.49. The molecule has 0 amide bonds. The number of likely N-dealkylation sites (N-methyl/N-ethyl adjacent to an activating group) is 1. The van der Waals surface area contributed by atoms with Crippen molar-refractivity contribution in [1.82, 2.24) is 9.88 Å². The number of hydrogen-bond acceptors (Lipinski definition) is 4. The summed E-state index contributed by atoms with van der Waals surface area (Å²) in [5, 5.41) is 11.8. The van der Waals surface area contributed by atoms with Crippen LogP contribution in [-0.2, 0) is 11.0 Å². The van der Waals surface area contributed by atoms with Crippen LogP contribution in [0.5, 0.6) is 0 Å². The van der Waals surface area contributed by atoms with Crippen molar-refractivity contribution in [3.8, 4) is 0 Å². The standard InChI is InChI=1S/C14H17ClF3N3O2/c1-2-21(7-12(22)23)10-4-9(5-10)20-13-11(15)3-8(6-19-13)14(16,17)18/h3,6,9-10H,2,4-5,7H2,1H3,(H,19,20)(H,22,23). The maximum atomic E-state index is 12.6. The third-order valence-corrected chi connectivity index (χ3v) is 4.17. The second kappa shape index (κ2) is 6.92. The minimum absolute atomic E-state index is 0.0181. The summed E-state index contributed by atoms with van der Waals surface area (Å²) in [7, 11) is 0. The molecule has 5 nitrogen and oxygen atoms in total. The van der Waals surface area contributed by atoms with E-state index in [1.807, 2.05) is 11.8 Å². The van der Waals surface area contributed by atoms with Crippen molar-refractivity contribution in [3.05, 3.63) is 22.8 Å². The molecule has 1 aromatic heterocycles. The van der Waals surface area contributed by atoms with E-state index in [1.165, 1.54) is 0 Å². The van der Waals surface area contributed by atoms with Crippen molar-refractivity contribution in [2.45, 2.75) is 38.0 Å². The van der Waals surface area contributed by atoms with Crippen LogP contribution in [0, 0.1) is 0 Å². The molecule has 0 atom stereocenters. The number of nitrogens with one attached hydrogen (secondary N) is 1. The van der Waals surface area contributed by atoms with Gasteiger partial charge in [-0.2, -0.15) is 13.2 Å². The zero-order chi connectivity index (χ0) is 17.2. The summed E-state index contributed by atoms with van der Waals surface area (Å²) in [4.78, 5) is 16.4. The first-order valence-corrected chi connectivity index (χ1v) is 7.53. The smallest absolute Gasteiger partial charge is 0.417 e. The molecule has 1 fully saturated rings. The molecule has 128 valence electrons. The van der Waals surface area contributed by atoms with Crippen LogP contribution < -0.4 is 5.32 Å². The molecule has 0 aliphatic heterocycles. The number of halogens is 4. The Kier molecular flexibility index (Phi) is 5.36. The largest absolute Gasteiger partial charge is 0.480 e. The maximum Gasteiger partial charge on any atom is 0.417 e. The first-order chi connectivity index (χ1) is 10.7. The zero-order valence-corrected chi connectivity index (χ0v) is 13.2. The Balaban J connectivity index is 1.92. The molecule has 2 N–H and O–H groups in total. The predicted molar refractivity (Wildman–Crippen MR) is 79.6 cm³/mol. The lowest BCUT2D eigenvalue weighted by molar-refractivity contribution is -0.139. The van der Waals surface area contributed by atoms with E-state index < -0.39 is 17.7 Å². The Morgan fingerprint density at radius 1 is 1.52 bits per heavy atom. The van der Waals surface area contributed by atoms with E-state index in [-0.39, 0.29) is 29.5 Å². The summed E-state index contributed by atoms with van der Waals surface area (Å²) in [5.74, 6) is -0.667. The predicted octanol–water partition coefficient (Wildman–Crippen LogP) is 3.10. The normalized spacial score (nSPS) is 21.1. The molecule has 2 rings (SSSR count). The molecule has 0 aromatic carbocycles. The Hall–Kier alpha value is -1.54. The van der Waals surface area contributed by atoms with Gasteiger partial charge in [-0.25, -0.2) is 4.98 Å². The summed E-state index contributed by atoms with van der Waals surface area (Å²) in [6.07, 6.45) is -2.34. The molecular formula is C14H17ClF3N3O2. The zero-order valence-electron chi connectivity index (χ0n) is 12.4. The molecule has 1 heterocycles. The van der Waals surface area contributed by atoms with Crippen LogP contribution >= 0.6 is 11.6 Å². The highest BCUT2D eigenvalue weighted by Crippen LogP contribution is 2.34. The lowest BCUT2D eigenvalue weighted by Crippen LogP contribution is -2.51. The Bertz CT molecular complexity index is 577. The van der Waals surface area contributed by atoms with Gasteiger partial charge in [-0.1, -0.05) is 18.5 Å². The second-order valence-electron chi connectivity index (χ2n) is 5.48. The van der Waals surface area contributed by atoms with Crippen LogP contribution in [0.2, 0.25) is 5.02 Å². The van der Waals surface area contributed by atoms with Gasteiger partial charge in [-0.05, 0) is 25.5 Å². The number of rotatable bonds is 6. The van der Waals surface area contributed by atoms with E-state index in [4.69, 9.17) is 16.7 Å². The molecule has 0 radical (unpaired) electrons. The van der Waals surface area contributed by atoms with E-state index >= 15 is 0 Å². The summed E-state index contributed by atoms with van der Waals surface area (Å²) in [6, 6.07) is 1.00. The number of aliphatic carboxylic acids is 1. The number of alkyl halides is 3. The number of carbonyl (C=O) groups is 1. The Morgan fingerprint density at radius 2 is 2.17 bits per heavy atom. The Morgan fingerprint density at radius 3 is 2.65 bits per heavy atom. The number of carboxylic acids is 1. The fourth-order valence-corrected chi connectivity index (χ4v) is 2.79. The quantitative estimate of drug-likeness (QED) is 0.824. The van der Waals surface area contributed by atoms with Gasteiger partial charge in [0.05, 0.1) is 17.1 Å². The van der Waals surface area contributed by atoms with Gasteiger partial charge in [0, 0.05) is 18.3 Å². The van der Waals surface area contributed by atoms with Gasteiger partial charge in [0.25, 0.3) is 0 Å². The molecule has 1 aliphatic carbocycles. The summed E-state index contributed by atoms with van der Waals surface area (Å²) < 4.78 is 37.7. The second-order valence-corrected chi connectivity index (χ2v) is 5.88. The highest BCUT2D eigenvalue weighted by Gasteiger charge is 2.35. The molecule has 0 bridgehead atoms. The van der Waals surface area contributed by atoms with Crippen LogP contribution in [0.15, 0.2) is 12.3 Å². The fourth-order valence-electron chi connectivity index (χ4n) is 2.57. The molecule has 0 saturated heterocycles. The van der Waals surface area contributed by atoms with E-state index in [0.29, 0.717) is 19.4 Å². The Labute approximate surface area is 136 Å². The van der Waals surface area contributed by atoms with Crippen molar-refractivity contribution in [2.75, 3.05) is 18.4 Å². The highest BCUT2D eigenvalue weighted by atomic mass is 35.5. The lowest BCUT2D eigenvalue weighted by atomic mass is 9.85. The number of anilines is 1. The van der Waals surface area contributed by atoms with E-state index in [9.17, 15) is 18.0 Å². The van der Waals surface area contributed by atoms with Gasteiger partial charge in [-0.3, -0.25) is 9.69 Å². The molecule has 0 spiro atoms. The number of aromatic nitrogens is 1. The number of carboxylic acid groups (broad SMARTS) is 1. The minimum atomic E-state index is -4.48. The molecule has 1 saturated carbocycles. The van der Waals surface area contributed by atoms with Gasteiger partial charge in [0.15, 0.2) is 0 Å². The van der Waals surface area contributed by atoms with Crippen LogP contribution in [0.1, 0.15) is 25.3 Å². The van der Waals surface area contributed by atoms with Crippen LogP contribution in [0.3, 0.4) is 0 Å². The third-order valence-electron chi connectivity index (χ3n) is 3.88. The van der Waals surface area contributed by atoms with E-state index in [2.05, 4.69) is 10.3 Å². The lowest BCUT2D eigenvalue weighted by Gasteiger charge is -2.42. The summed E-state index contributed by atoms with van der Waals surface area (Å²) >= 11 is 5.84. The average molecular weight is 352 g/mol. The highest BCUT2D eigenvalue weighted by molar-refractivity contribution is 6.33. The monoisotopic (exact) mass is 351 g/mol. The fraction of sp³-hybridized carbons (Fsp3) is 0.571.